The van der Waals surface area contributed by atoms with Crippen molar-refractivity contribution in [1.29, 1.82) is 0 Å². The Morgan fingerprint density at radius 3 is 2.75 bits per heavy atom. The molecule has 2 aliphatic heterocycles. The molecular weight excluding hydrogens is 298 g/mol. The van der Waals surface area contributed by atoms with Gasteiger partial charge in [0.1, 0.15) is 0 Å². The Hall–Kier alpha value is -1.39. The van der Waals surface area contributed by atoms with Crippen molar-refractivity contribution < 1.29 is 4.79 Å². The molecule has 4 nitrogen and oxygen atoms in total. The summed E-state index contributed by atoms with van der Waals surface area (Å²) >= 11 is 0. The SMILES string of the molecule is CN1C(=O)[C@]2(CCCN(CC3CCC(N)CC3)C2)c2ccccc21. The van der Waals surface area contributed by atoms with E-state index in [2.05, 4.69) is 23.1 Å². The van der Waals surface area contributed by atoms with Gasteiger partial charge in [0, 0.05) is 31.9 Å². The average molecular weight is 327 g/mol. The number of fused-ring (bicyclic) bond motifs is 2. The van der Waals surface area contributed by atoms with Crippen LogP contribution >= 0.6 is 0 Å². The van der Waals surface area contributed by atoms with E-state index in [4.69, 9.17) is 5.73 Å². The van der Waals surface area contributed by atoms with Crippen LogP contribution in [-0.2, 0) is 10.2 Å². The Labute approximate surface area is 145 Å². The molecule has 24 heavy (non-hydrogen) atoms. The molecular formula is C20H29N3O. The summed E-state index contributed by atoms with van der Waals surface area (Å²) in [4.78, 5) is 17.5. The molecule has 1 amide bonds. The van der Waals surface area contributed by atoms with Gasteiger partial charge >= 0.3 is 0 Å². The summed E-state index contributed by atoms with van der Waals surface area (Å²) in [6.45, 7) is 3.15. The number of rotatable bonds is 2. The van der Waals surface area contributed by atoms with Gasteiger partial charge in [0.25, 0.3) is 0 Å². The Kier molecular flexibility index (Phi) is 4.13. The number of para-hydroxylation sites is 1. The van der Waals surface area contributed by atoms with Gasteiger partial charge < -0.3 is 15.5 Å². The van der Waals surface area contributed by atoms with E-state index >= 15 is 0 Å². The van der Waals surface area contributed by atoms with Gasteiger partial charge in [-0.1, -0.05) is 18.2 Å². The molecule has 0 aromatic heterocycles. The highest BCUT2D eigenvalue weighted by molar-refractivity contribution is 6.08. The number of nitrogens with zero attached hydrogens (tertiary/aromatic N) is 2. The molecule has 4 heteroatoms. The summed E-state index contributed by atoms with van der Waals surface area (Å²) in [5, 5.41) is 0. The highest BCUT2D eigenvalue weighted by Crippen LogP contribution is 2.46. The van der Waals surface area contributed by atoms with Crippen molar-refractivity contribution in [2.45, 2.75) is 50.0 Å². The molecule has 1 saturated carbocycles. The van der Waals surface area contributed by atoms with Crippen LogP contribution in [0.2, 0.25) is 0 Å². The molecule has 1 atom stereocenters. The smallest absolute Gasteiger partial charge is 0.238 e. The molecule has 1 aromatic rings. The molecule has 2 fully saturated rings. The van der Waals surface area contributed by atoms with Gasteiger partial charge in [-0.3, -0.25) is 4.79 Å². The van der Waals surface area contributed by atoms with Crippen molar-refractivity contribution in [2.24, 2.45) is 11.7 Å². The molecule has 130 valence electrons. The quantitative estimate of drug-likeness (QED) is 0.908. The van der Waals surface area contributed by atoms with Gasteiger partial charge in [0.05, 0.1) is 5.41 Å². The van der Waals surface area contributed by atoms with E-state index in [1.807, 2.05) is 18.0 Å². The van der Waals surface area contributed by atoms with Crippen LogP contribution < -0.4 is 10.6 Å². The first-order chi connectivity index (χ1) is 11.6. The molecule has 4 rings (SSSR count). The Morgan fingerprint density at radius 2 is 1.96 bits per heavy atom. The molecule has 1 saturated heterocycles. The number of carbonyl (C=O) groups excluding carboxylic acids is 1. The summed E-state index contributed by atoms with van der Waals surface area (Å²) in [5.41, 5.74) is 8.08. The van der Waals surface area contributed by atoms with E-state index in [-0.39, 0.29) is 5.41 Å². The molecule has 2 N–H and O–H groups in total. The average Bonchev–Trinajstić information content (AvgIpc) is 2.80. The van der Waals surface area contributed by atoms with Crippen LogP contribution in [0.3, 0.4) is 0 Å². The van der Waals surface area contributed by atoms with E-state index in [0.717, 1.165) is 56.9 Å². The van der Waals surface area contributed by atoms with Crippen molar-refractivity contribution in [3.63, 3.8) is 0 Å². The highest BCUT2D eigenvalue weighted by atomic mass is 16.2. The van der Waals surface area contributed by atoms with E-state index < -0.39 is 0 Å². The van der Waals surface area contributed by atoms with Crippen LogP contribution in [0.5, 0.6) is 0 Å². The van der Waals surface area contributed by atoms with Gasteiger partial charge in [-0.25, -0.2) is 0 Å². The molecule has 0 unspecified atom stereocenters. The number of carbonyl (C=O) groups is 1. The molecule has 0 radical (unpaired) electrons. The van der Waals surface area contributed by atoms with Crippen LogP contribution in [0.15, 0.2) is 24.3 Å². The summed E-state index contributed by atoms with van der Waals surface area (Å²) in [7, 11) is 1.93. The number of amides is 1. The van der Waals surface area contributed by atoms with Crippen molar-refractivity contribution in [3.05, 3.63) is 29.8 Å². The third-order valence-electron chi connectivity index (χ3n) is 6.47. The number of benzene rings is 1. The van der Waals surface area contributed by atoms with Gasteiger partial charge in [-0.05, 0) is 62.6 Å². The number of piperidine rings is 1. The van der Waals surface area contributed by atoms with E-state index in [9.17, 15) is 4.79 Å². The second-order valence-corrected chi connectivity index (χ2v) is 8.08. The van der Waals surface area contributed by atoms with Crippen LogP contribution in [0.4, 0.5) is 5.69 Å². The van der Waals surface area contributed by atoms with Crippen LogP contribution in [-0.4, -0.2) is 43.5 Å². The molecule has 1 spiro atoms. The second-order valence-electron chi connectivity index (χ2n) is 8.08. The minimum absolute atomic E-state index is 0.291. The Bertz CT molecular complexity index is 623. The number of hydrogen-bond donors (Lipinski definition) is 1. The maximum atomic E-state index is 13.1. The second kappa shape index (κ2) is 6.16. The molecule has 1 aliphatic carbocycles. The van der Waals surface area contributed by atoms with Crippen LogP contribution in [0.25, 0.3) is 0 Å². The lowest BCUT2D eigenvalue weighted by Crippen LogP contribution is -2.52. The summed E-state index contributed by atoms with van der Waals surface area (Å²) in [6, 6.07) is 8.77. The number of likely N-dealkylation sites (tertiary alicyclic amines) is 1. The summed E-state index contributed by atoms with van der Waals surface area (Å²) in [5.74, 6) is 1.04. The van der Waals surface area contributed by atoms with Gasteiger partial charge in [-0.15, -0.1) is 0 Å². The molecule has 1 aromatic carbocycles. The Balaban J connectivity index is 1.53. The minimum atomic E-state index is -0.311. The van der Waals surface area contributed by atoms with Crippen molar-refractivity contribution in [2.75, 3.05) is 31.6 Å². The lowest BCUT2D eigenvalue weighted by atomic mass is 9.74. The maximum Gasteiger partial charge on any atom is 0.238 e. The Morgan fingerprint density at radius 1 is 1.21 bits per heavy atom. The fraction of sp³-hybridized carbons (Fsp3) is 0.650. The first-order valence-electron chi connectivity index (χ1n) is 9.46. The number of hydrogen-bond acceptors (Lipinski definition) is 3. The fourth-order valence-corrected chi connectivity index (χ4v) is 5.15. The van der Waals surface area contributed by atoms with Crippen molar-refractivity contribution >= 4 is 11.6 Å². The van der Waals surface area contributed by atoms with Gasteiger partial charge in [0.2, 0.25) is 5.91 Å². The summed E-state index contributed by atoms with van der Waals surface area (Å²) < 4.78 is 0. The summed E-state index contributed by atoms with van der Waals surface area (Å²) in [6.07, 6.45) is 6.91. The third-order valence-corrected chi connectivity index (χ3v) is 6.47. The van der Waals surface area contributed by atoms with Gasteiger partial charge in [-0.2, -0.15) is 0 Å². The largest absolute Gasteiger partial charge is 0.328 e. The highest BCUT2D eigenvalue weighted by Gasteiger charge is 2.51. The van der Waals surface area contributed by atoms with E-state index in [1.54, 1.807) is 0 Å². The number of likely N-dealkylation sites (N-methyl/N-ethyl adjacent to an activating group) is 1. The first-order valence-corrected chi connectivity index (χ1v) is 9.46. The molecule has 3 aliphatic rings. The monoisotopic (exact) mass is 327 g/mol. The topological polar surface area (TPSA) is 49.6 Å². The molecule has 0 bridgehead atoms. The fourth-order valence-electron chi connectivity index (χ4n) is 5.15. The molecule has 2 heterocycles. The number of nitrogens with two attached hydrogens (primary N) is 1. The lowest BCUT2D eigenvalue weighted by molar-refractivity contribution is -0.125. The van der Waals surface area contributed by atoms with Crippen LogP contribution in [0, 0.1) is 5.92 Å². The predicted octanol–water partition coefficient (Wildman–Crippen LogP) is 2.51. The first kappa shape index (κ1) is 16.1. The van der Waals surface area contributed by atoms with Crippen LogP contribution in [0.1, 0.15) is 44.1 Å². The zero-order valence-electron chi connectivity index (χ0n) is 14.7. The zero-order valence-corrected chi connectivity index (χ0v) is 14.7. The van der Waals surface area contributed by atoms with Gasteiger partial charge in [0.15, 0.2) is 0 Å². The maximum absolute atomic E-state index is 13.1. The van der Waals surface area contributed by atoms with E-state index in [1.165, 1.54) is 18.4 Å². The van der Waals surface area contributed by atoms with E-state index in [0.29, 0.717) is 11.9 Å². The number of anilines is 1. The standard InChI is InChI=1S/C20H29N3O/c1-22-18-6-3-2-5-17(18)20(19(22)24)11-4-12-23(14-20)13-15-7-9-16(21)10-8-15/h2-3,5-6,15-16H,4,7-14,21H2,1H3/t15?,16?,20-/m0/s1. The normalized spacial score (nSPS) is 33.9. The predicted molar refractivity (Wildman–Crippen MR) is 97.1 cm³/mol. The van der Waals surface area contributed by atoms with Crippen molar-refractivity contribution in [1.82, 2.24) is 4.90 Å². The third kappa shape index (κ3) is 2.56. The zero-order chi connectivity index (χ0) is 16.7. The lowest BCUT2D eigenvalue weighted by Gasteiger charge is -2.41. The minimum Gasteiger partial charge on any atom is -0.328 e. The van der Waals surface area contributed by atoms with Crippen molar-refractivity contribution in [3.8, 4) is 0 Å².